The summed E-state index contributed by atoms with van der Waals surface area (Å²) in [6.45, 7) is 0. The van der Waals surface area contributed by atoms with Crippen molar-refractivity contribution in [1.29, 1.82) is 0 Å². The van der Waals surface area contributed by atoms with E-state index in [0.717, 1.165) is 25.0 Å². The summed E-state index contributed by atoms with van der Waals surface area (Å²) in [5.41, 5.74) is 0. The maximum Gasteiger partial charge on any atom is 0.748 e. The fourth-order valence-corrected chi connectivity index (χ4v) is 2.53. The van der Waals surface area contributed by atoms with E-state index < -0.39 is 9.05 Å². The fraction of sp³-hybridized carbons (Fsp3) is 0.750. The van der Waals surface area contributed by atoms with E-state index in [2.05, 4.69) is 6.08 Å². The molecule has 0 saturated carbocycles. The van der Waals surface area contributed by atoms with Crippen molar-refractivity contribution in [2.24, 2.45) is 0 Å². The Labute approximate surface area is 79.9 Å². The molecule has 0 aliphatic heterocycles. The van der Waals surface area contributed by atoms with Crippen molar-refractivity contribution in [2.45, 2.75) is 19.3 Å². The summed E-state index contributed by atoms with van der Waals surface area (Å²) in [6, 6.07) is 0. The average molecular weight is 204 g/mol. The van der Waals surface area contributed by atoms with E-state index in [4.69, 9.17) is 17.7 Å². The predicted molar refractivity (Wildman–Crippen MR) is 49.8 cm³/mol. The highest BCUT2D eigenvalue weighted by Crippen LogP contribution is 2.23. The Hall–Kier alpha value is -0.363. The molecule has 1 aliphatic carbocycles. The molecule has 76 valence electrons. The maximum atomic E-state index is 5.58. The summed E-state index contributed by atoms with van der Waals surface area (Å²) in [7, 11) is 1.76. The Morgan fingerprint density at radius 3 is 2.15 bits per heavy atom. The van der Waals surface area contributed by atoms with Gasteiger partial charge in [0.2, 0.25) is 0 Å². The fourth-order valence-electron chi connectivity index (χ4n) is 1.27. The zero-order valence-corrected chi connectivity index (χ0v) is 9.33. The van der Waals surface area contributed by atoms with Crippen LogP contribution in [0.4, 0.5) is 0 Å². The summed E-state index contributed by atoms with van der Waals surface area (Å²) < 4.78 is 21.0. The van der Waals surface area contributed by atoms with E-state index >= 15 is 0 Å². The van der Waals surface area contributed by atoms with Crippen LogP contribution in [0.2, 0.25) is 0 Å². The van der Waals surface area contributed by atoms with Gasteiger partial charge < -0.3 is 17.7 Å². The Morgan fingerprint density at radius 1 is 1.15 bits per heavy atom. The second kappa shape index (κ2) is 4.76. The van der Waals surface area contributed by atoms with Crippen LogP contribution in [0.5, 0.6) is 0 Å². The predicted octanol–water partition coefficient (Wildman–Crippen LogP) is 1.45. The molecule has 4 nitrogen and oxygen atoms in total. The van der Waals surface area contributed by atoms with Gasteiger partial charge in [-0.25, -0.2) is 0 Å². The summed E-state index contributed by atoms with van der Waals surface area (Å²) in [6.07, 6.45) is 5.21. The highest BCUT2D eigenvalue weighted by molar-refractivity contribution is 6.53. The summed E-state index contributed by atoms with van der Waals surface area (Å²) in [5.74, 6) is 0.928. The minimum atomic E-state index is -2.85. The van der Waals surface area contributed by atoms with Crippen molar-refractivity contribution in [3.05, 3.63) is 11.8 Å². The van der Waals surface area contributed by atoms with Crippen LogP contribution in [0.15, 0.2) is 11.8 Å². The van der Waals surface area contributed by atoms with Gasteiger partial charge >= 0.3 is 9.05 Å². The minimum absolute atomic E-state index is 0.928. The lowest BCUT2D eigenvalue weighted by molar-refractivity contribution is 0.0261. The number of rotatable bonds is 5. The lowest BCUT2D eigenvalue weighted by atomic mass is 10.4. The molecule has 0 spiro atoms. The molecule has 1 rings (SSSR count). The molecule has 1 aliphatic rings. The molecule has 0 aromatic rings. The third kappa shape index (κ3) is 2.54. The zero-order valence-electron chi connectivity index (χ0n) is 8.33. The van der Waals surface area contributed by atoms with Crippen LogP contribution < -0.4 is 0 Å². The van der Waals surface area contributed by atoms with Crippen molar-refractivity contribution in [3.8, 4) is 0 Å². The van der Waals surface area contributed by atoms with E-state index in [1.165, 1.54) is 21.3 Å². The van der Waals surface area contributed by atoms with Crippen LogP contribution in [-0.2, 0) is 17.7 Å². The van der Waals surface area contributed by atoms with Gasteiger partial charge in [-0.2, -0.15) is 0 Å². The van der Waals surface area contributed by atoms with Gasteiger partial charge in [-0.15, -0.1) is 0 Å². The second-order valence-electron chi connectivity index (χ2n) is 2.78. The SMILES string of the molecule is CO[Si](OC)(OC)OC1=CCCC1. The van der Waals surface area contributed by atoms with E-state index in [0.29, 0.717) is 0 Å². The largest absolute Gasteiger partial charge is 0.748 e. The number of hydrogen-bond acceptors (Lipinski definition) is 4. The molecule has 13 heavy (non-hydrogen) atoms. The zero-order chi connectivity index (χ0) is 9.73. The van der Waals surface area contributed by atoms with Crippen LogP contribution >= 0.6 is 0 Å². The summed E-state index contributed by atoms with van der Waals surface area (Å²) in [5, 5.41) is 0. The van der Waals surface area contributed by atoms with Crippen LogP contribution in [-0.4, -0.2) is 30.4 Å². The molecule has 0 aromatic heterocycles. The first-order chi connectivity index (χ1) is 6.26. The first-order valence-corrected chi connectivity index (χ1v) is 5.93. The molecule has 0 aromatic carbocycles. The lowest BCUT2D eigenvalue weighted by Crippen LogP contribution is -2.46. The van der Waals surface area contributed by atoms with E-state index in [9.17, 15) is 0 Å². The molecule has 5 heteroatoms. The van der Waals surface area contributed by atoms with Crippen LogP contribution in [0, 0.1) is 0 Å². The molecule has 0 fully saturated rings. The highest BCUT2D eigenvalue weighted by atomic mass is 28.4. The van der Waals surface area contributed by atoms with Crippen molar-refractivity contribution in [3.63, 3.8) is 0 Å². The van der Waals surface area contributed by atoms with Gasteiger partial charge in [-0.05, 0) is 18.9 Å². The second-order valence-corrected chi connectivity index (χ2v) is 5.21. The standard InChI is InChI=1S/C8H16O4Si/c1-9-13(10-2,11-3)12-8-6-4-5-7-8/h6H,4-5,7H2,1-3H3. The third-order valence-corrected chi connectivity index (χ3v) is 4.02. The molecule has 0 atom stereocenters. The van der Waals surface area contributed by atoms with Gasteiger partial charge in [-0.3, -0.25) is 0 Å². The average Bonchev–Trinajstić information content (AvgIpc) is 2.67. The molecular weight excluding hydrogens is 188 g/mol. The molecule has 0 radical (unpaired) electrons. The molecule has 0 heterocycles. The molecule has 0 amide bonds. The van der Waals surface area contributed by atoms with E-state index in [1.807, 2.05) is 0 Å². The number of hydrogen-bond donors (Lipinski definition) is 0. The van der Waals surface area contributed by atoms with Gasteiger partial charge in [0.25, 0.3) is 0 Å². The van der Waals surface area contributed by atoms with Gasteiger partial charge in [0.05, 0.1) is 5.76 Å². The van der Waals surface area contributed by atoms with Gasteiger partial charge in [0.15, 0.2) is 0 Å². The topological polar surface area (TPSA) is 36.9 Å². The smallest absolute Gasteiger partial charge is 0.484 e. The Morgan fingerprint density at radius 2 is 1.77 bits per heavy atom. The van der Waals surface area contributed by atoms with Crippen LogP contribution in [0.1, 0.15) is 19.3 Å². The Kier molecular flexibility index (Phi) is 3.92. The van der Waals surface area contributed by atoms with Crippen molar-refractivity contribution in [1.82, 2.24) is 0 Å². The highest BCUT2D eigenvalue weighted by Gasteiger charge is 2.45. The van der Waals surface area contributed by atoms with E-state index in [-0.39, 0.29) is 0 Å². The Balaban J connectivity index is 2.55. The van der Waals surface area contributed by atoms with Gasteiger partial charge in [0.1, 0.15) is 0 Å². The summed E-state index contributed by atoms with van der Waals surface area (Å²) in [4.78, 5) is 0. The quantitative estimate of drug-likeness (QED) is 0.635. The summed E-state index contributed by atoms with van der Waals surface area (Å²) >= 11 is 0. The van der Waals surface area contributed by atoms with Gasteiger partial charge in [-0.1, -0.05) is 0 Å². The first-order valence-electron chi connectivity index (χ1n) is 4.30. The maximum absolute atomic E-state index is 5.58. The van der Waals surface area contributed by atoms with Crippen molar-refractivity contribution < 1.29 is 17.7 Å². The number of allylic oxidation sites excluding steroid dienone is 2. The minimum Gasteiger partial charge on any atom is -0.484 e. The normalized spacial score (nSPS) is 17.3. The molecule has 0 saturated heterocycles. The first kappa shape index (κ1) is 10.7. The van der Waals surface area contributed by atoms with E-state index in [1.54, 1.807) is 0 Å². The lowest BCUT2D eigenvalue weighted by Gasteiger charge is -2.23. The van der Waals surface area contributed by atoms with Gasteiger partial charge in [0, 0.05) is 27.8 Å². The molecule has 0 unspecified atom stereocenters. The van der Waals surface area contributed by atoms with Crippen molar-refractivity contribution in [2.75, 3.05) is 21.3 Å². The monoisotopic (exact) mass is 204 g/mol. The Bertz CT molecular complexity index is 180. The molecular formula is C8H16O4Si. The molecule has 0 N–H and O–H groups in total. The molecule has 0 bridgehead atoms. The van der Waals surface area contributed by atoms with Crippen molar-refractivity contribution >= 4 is 9.05 Å². The van der Waals surface area contributed by atoms with Crippen LogP contribution in [0.3, 0.4) is 0 Å². The van der Waals surface area contributed by atoms with Crippen LogP contribution in [0.25, 0.3) is 0 Å². The third-order valence-electron chi connectivity index (χ3n) is 2.01.